The van der Waals surface area contributed by atoms with Gasteiger partial charge in [0.15, 0.2) is 0 Å². The molecular formula is C12H24N2O. The summed E-state index contributed by atoms with van der Waals surface area (Å²) in [5.74, 6) is 0. The summed E-state index contributed by atoms with van der Waals surface area (Å²) >= 11 is 0. The molecule has 15 heavy (non-hydrogen) atoms. The Balaban J connectivity index is 1.92. The summed E-state index contributed by atoms with van der Waals surface area (Å²) in [4.78, 5) is 2.61. The van der Waals surface area contributed by atoms with Crippen molar-refractivity contribution < 1.29 is 4.74 Å². The molecule has 0 spiro atoms. The molecule has 0 saturated carbocycles. The van der Waals surface area contributed by atoms with Gasteiger partial charge >= 0.3 is 0 Å². The van der Waals surface area contributed by atoms with Crippen molar-refractivity contribution in [1.82, 2.24) is 10.2 Å². The Morgan fingerprint density at radius 1 is 1.40 bits per heavy atom. The molecule has 0 aromatic carbocycles. The lowest BCUT2D eigenvalue weighted by molar-refractivity contribution is 0.0617. The maximum absolute atomic E-state index is 5.68. The zero-order valence-electron chi connectivity index (χ0n) is 10.3. The monoisotopic (exact) mass is 212 g/mol. The number of rotatable bonds is 1. The van der Waals surface area contributed by atoms with Gasteiger partial charge in [0.2, 0.25) is 0 Å². The van der Waals surface area contributed by atoms with Crippen LogP contribution in [0.1, 0.15) is 33.6 Å². The number of nitrogens with zero attached hydrogens (tertiary/aromatic N) is 1. The van der Waals surface area contributed by atoms with Crippen LogP contribution in [0.5, 0.6) is 0 Å². The topological polar surface area (TPSA) is 24.5 Å². The van der Waals surface area contributed by atoms with Crippen LogP contribution in [-0.4, -0.2) is 48.8 Å². The summed E-state index contributed by atoms with van der Waals surface area (Å²) in [6, 6.07) is 0.712. The highest BCUT2D eigenvalue weighted by Gasteiger charge is 2.34. The summed E-state index contributed by atoms with van der Waals surface area (Å²) in [7, 11) is 0. The Labute approximate surface area is 93.2 Å². The van der Waals surface area contributed by atoms with E-state index in [1.165, 1.54) is 19.4 Å². The van der Waals surface area contributed by atoms with E-state index >= 15 is 0 Å². The van der Waals surface area contributed by atoms with Gasteiger partial charge in [-0.05, 0) is 33.6 Å². The van der Waals surface area contributed by atoms with E-state index in [-0.39, 0.29) is 0 Å². The van der Waals surface area contributed by atoms with Gasteiger partial charge in [-0.3, -0.25) is 4.90 Å². The Morgan fingerprint density at radius 2 is 2.20 bits per heavy atom. The maximum atomic E-state index is 5.68. The molecule has 2 aliphatic heterocycles. The highest BCUT2D eigenvalue weighted by atomic mass is 16.5. The van der Waals surface area contributed by atoms with Gasteiger partial charge in [-0.15, -0.1) is 0 Å². The molecule has 0 aromatic rings. The van der Waals surface area contributed by atoms with Gasteiger partial charge in [0.1, 0.15) is 0 Å². The molecule has 2 saturated heterocycles. The minimum atomic E-state index is 0.321. The first kappa shape index (κ1) is 11.4. The minimum Gasteiger partial charge on any atom is -0.377 e. The first-order valence-electron chi connectivity index (χ1n) is 6.17. The average Bonchev–Trinajstić information content (AvgIpc) is 2.39. The lowest BCUT2D eigenvalue weighted by Gasteiger charge is -2.28. The largest absolute Gasteiger partial charge is 0.377 e. The second kappa shape index (κ2) is 4.40. The van der Waals surface area contributed by atoms with Gasteiger partial charge in [-0.25, -0.2) is 0 Å². The van der Waals surface area contributed by atoms with E-state index in [0.29, 0.717) is 17.7 Å². The van der Waals surface area contributed by atoms with E-state index in [1.54, 1.807) is 0 Å². The molecule has 2 aliphatic rings. The Hall–Kier alpha value is -0.120. The highest BCUT2D eigenvalue weighted by molar-refractivity contribution is 4.94. The second-order valence-electron chi connectivity index (χ2n) is 5.65. The smallest absolute Gasteiger partial charge is 0.0674 e. The summed E-state index contributed by atoms with van der Waals surface area (Å²) in [5.41, 5.74) is 0.321. The minimum absolute atomic E-state index is 0.321. The van der Waals surface area contributed by atoms with E-state index < -0.39 is 0 Å². The molecule has 3 nitrogen and oxygen atoms in total. The fourth-order valence-corrected chi connectivity index (χ4v) is 2.74. The van der Waals surface area contributed by atoms with Crippen LogP contribution in [0, 0.1) is 0 Å². The Bertz CT molecular complexity index is 218. The molecule has 2 fully saturated rings. The molecule has 2 atom stereocenters. The van der Waals surface area contributed by atoms with Gasteiger partial charge in [0, 0.05) is 37.8 Å². The molecule has 2 heterocycles. The predicted octanol–water partition coefficient (Wildman–Crippen LogP) is 1.24. The number of nitrogens with one attached hydrogen (secondary N) is 1. The van der Waals surface area contributed by atoms with E-state index in [1.807, 2.05) is 0 Å². The van der Waals surface area contributed by atoms with E-state index in [9.17, 15) is 0 Å². The second-order valence-corrected chi connectivity index (χ2v) is 5.65. The van der Waals surface area contributed by atoms with Crippen LogP contribution in [0.4, 0.5) is 0 Å². The van der Waals surface area contributed by atoms with Crippen LogP contribution in [0.3, 0.4) is 0 Å². The van der Waals surface area contributed by atoms with Crippen LogP contribution >= 0.6 is 0 Å². The molecule has 0 amide bonds. The lowest BCUT2D eigenvalue weighted by Crippen LogP contribution is -2.40. The summed E-state index contributed by atoms with van der Waals surface area (Å²) < 4.78 is 5.68. The van der Waals surface area contributed by atoms with Crippen molar-refractivity contribution in [2.24, 2.45) is 0 Å². The number of ether oxygens (including phenoxy) is 1. The molecule has 88 valence electrons. The molecule has 3 heteroatoms. The third-order valence-corrected chi connectivity index (χ3v) is 3.56. The lowest BCUT2D eigenvalue weighted by atomic mass is 10.0. The first-order valence-corrected chi connectivity index (χ1v) is 6.17. The van der Waals surface area contributed by atoms with Gasteiger partial charge in [-0.2, -0.15) is 0 Å². The fraction of sp³-hybridized carbons (Fsp3) is 1.00. The number of hydrogen-bond donors (Lipinski definition) is 1. The predicted molar refractivity (Wildman–Crippen MR) is 62.1 cm³/mol. The van der Waals surface area contributed by atoms with Crippen molar-refractivity contribution in [3.05, 3.63) is 0 Å². The number of hydrogen-bond acceptors (Lipinski definition) is 3. The highest BCUT2D eigenvalue weighted by Crippen LogP contribution is 2.23. The zero-order valence-corrected chi connectivity index (χ0v) is 10.3. The standard InChI is InChI=1S/C12H24N2O/c1-10-9-14(5-4-6-15-10)11-7-12(2,3)13-8-11/h10-11,13H,4-9H2,1-3H3. The van der Waals surface area contributed by atoms with E-state index in [0.717, 1.165) is 19.7 Å². The van der Waals surface area contributed by atoms with E-state index in [2.05, 4.69) is 31.0 Å². The third-order valence-electron chi connectivity index (χ3n) is 3.56. The van der Waals surface area contributed by atoms with Crippen LogP contribution < -0.4 is 5.32 Å². The van der Waals surface area contributed by atoms with Crippen molar-refractivity contribution in [1.29, 1.82) is 0 Å². The molecular weight excluding hydrogens is 188 g/mol. The Kier molecular flexibility index (Phi) is 3.33. The average molecular weight is 212 g/mol. The van der Waals surface area contributed by atoms with E-state index in [4.69, 9.17) is 4.74 Å². The molecule has 0 radical (unpaired) electrons. The normalized spacial score (nSPS) is 37.8. The molecule has 0 bridgehead atoms. The van der Waals surface area contributed by atoms with Crippen molar-refractivity contribution >= 4 is 0 Å². The summed E-state index contributed by atoms with van der Waals surface area (Å²) in [6.45, 7) is 11.2. The third kappa shape index (κ3) is 2.92. The van der Waals surface area contributed by atoms with Crippen LogP contribution in [0.15, 0.2) is 0 Å². The van der Waals surface area contributed by atoms with Crippen LogP contribution in [-0.2, 0) is 4.74 Å². The molecule has 2 unspecified atom stereocenters. The summed E-state index contributed by atoms with van der Waals surface area (Å²) in [6.07, 6.45) is 2.84. The quantitative estimate of drug-likeness (QED) is 0.708. The SMILES string of the molecule is CC1CN(C2CNC(C)(C)C2)CCCO1. The van der Waals surface area contributed by atoms with Crippen molar-refractivity contribution in [2.45, 2.75) is 51.3 Å². The van der Waals surface area contributed by atoms with Gasteiger partial charge < -0.3 is 10.1 Å². The van der Waals surface area contributed by atoms with Gasteiger partial charge in [0.25, 0.3) is 0 Å². The fourth-order valence-electron chi connectivity index (χ4n) is 2.74. The van der Waals surface area contributed by atoms with Crippen LogP contribution in [0.25, 0.3) is 0 Å². The summed E-state index contributed by atoms with van der Waals surface area (Å²) in [5, 5.41) is 3.60. The van der Waals surface area contributed by atoms with Crippen molar-refractivity contribution in [3.8, 4) is 0 Å². The van der Waals surface area contributed by atoms with Gasteiger partial charge in [0.05, 0.1) is 6.10 Å². The molecule has 1 N–H and O–H groups in total. The molecule has 0 aliphatic carbocycles. The zero-order chi connectivity index (χ0) is 10.9. The van der Waals surface area contributed by atoms with Crippen molar-refractivity contribution in [2.75, 3.05) is 26.2 Å². The molecule has 2 rings (SSSR count). The maximum Gasteiger partial charge on any atom is 0.0674 e. The molecule has 0 aromatic heterocycles. The van der Waals surface area contributed by atoms with Crippen LogP contribution in [0.2, 0.25) is 0 Å². The van der Waals surface area contributed by atoms with Crippen molar-refractivity contribution in [3.63, 3.8) is 0 Å². The first-order chi connectivity index (χ1) is 7.07. The Morgan fingerprint density at radius 3 is 2.87 bits per heavy atom. The van der Waals surface area contributed by atoms with Gasteiger partial charge in [-0.1, -0.05) is 0 Å².